The highest BCUT2D eigenvalue weighted by molar-refractivity contribution is 5.76. The van der Waals surface area contributed by atoms with Gasteiger partial charge in [-0.2, -0.15) is 0 Å². The zero-order valence-corrected chi connectivity index (χ0v) is 9.68. The van der Waals surface area contributed by atoms with Gasteiger partial charge in [0.15, 0.2) is 12.0 Å². The molecule has 0 amide bonds. The monoisotopic (exact) mass is 219 g/mol. The minimum Gasteiger partial charge on any atom is -0.443 e. The quantitative estimate of drug-likeness (QED) is 0.852. The zero-order chi connectivity index (χ0) is 11.5. The lowest BCUT2D eigenvalue weighted by Crippen LogP contribution is -2.28. The summed E-state index contributed by atoms with van der Waals surface area (Å²) in [7, 11) is 2.06. The third kappa shape index (κ3) is 2.17. The number of fused-ring (bicyclic) bond motifs is 1. The van der Waals surface area contributed by atoms with Gasteiger partial charge in [-0.3, -0.25) is 0 Å². The Bertz CT molecular complexity index is 466. The lowest BCUT2D eigenvalue weighted by Gasteiger charge is -2.22. The van der Waals surface area contributed by atoms with Crippen LogP contribution in [0, 0.1) is 5.92 Å². The molecule has 2 N–H and O–H groups in total. The van der Waals surface area contributed by atoms with Crippen LogP contribution in [0.2, 0.25) is 0 Å². The van der Waals surface area contributed by atoms with Crippen molar-refractivity contribution in [2.45, 2.75) is 6.92 Å². The summed E-state index contributed by atoms with van der Waals surface area (Å²) in [5, 5.41) is 0. The number of anilines is 1. The van der Waals surface area contributed by atoms with Gasteiger partial charge in [-0.25, -0.2) is 4.98 Å². The van der Waals surface area contributed by atoms with Crippen LogP contribution in [0.15, 0.2) is 29.0 Å². The predicted molar refractivity (Wildman–Crippen MR) is 65.5 cm³/mol. The van der Waals surface area contributed by atoms with E-state index in [2.05, 4.69) is 23.9 Å². The highest BCUT2D eigenvalue weighted by atomic mass is 16.3. The summed E-state index contributed by atoms with van der Waals surface area (Å²) in [5.74, 6) is 0.482. The fourth-order valence-corrected chi connectivity index (χ4v) is 1.73. The molecule has 1 atom stereocenters. The summed E-state index contributed by atoms with van der Waals surface area (Å²) in [4.78, 5) is 6.27. The van der Waals surface area contributed by atoms with E-state index in [1.54, 1.807) is 0 Å². The van der Waals surface area contributed by atoms with Gasteiger partial charge in [-0.1, -0.05) is 6.92 Å². The Hall–Kier alpha value is -1.55. The lowest BCUT2D eigenvalue weighted by atomic mass is 10.1. The Morgan fingerprint density at radius 1 is 1.50 bits per heavy atom. The molecule has 86 valence electrons. The van der Waals surface area contributed by atoms with Gasteiger partial charge >= 0.3 is 0 Å². The largest absolute Gasteiger partial charge is 0.443 e. The highest BCUT2D eigenvalue weighted by Crippen LogP contribution is 2.20. The molecule has 0 fully saturated rings. The molecule has 4 nitrogen and oxygen atoms in total. The third-order valence-corrected chi connectivity index (χ3v) is 2.74. The fraction of sp³-hybridized carbons (Fsp3) is 0.417. The maximum absolute atomic E-state index is 5.62. The molecular weight excluding hydrogens is 202 g/mol. The molecule has 0 saturated carbocycles. The van der Waals surface area contributed by atoms with Crippen LogP contribution in [-0.2, 0) is 0 Å². The second-order valence-electron chi connectivity index (χ2n) is 4.23. The van der Waals surface area contributed by atoms with Crippen LogP contribution in [0.25, 0.3) is 11.1 Å². The van der Waals surface area contributed by atoms with Crippen molar-refractivity contribution in [3.8, 4) is 0 Å². The molecule has 0 spiro atoms. The lowest BCUT2D eigenvalue weighted by molar-refractivity contribution is 0.588. The Kier molecular flexibility index (Phi) is 3.10. The number of hydrogen-bond donors (Lipinski definition) is 1. The molecule has 1 aromatic heterocycles. The summed E-state index contributed by atoms with van der Waals surface area (Å²) in [6.07, 6.45) is 1.47. The molecule has 2 rings (SSSR count). The summed E-state index contributed by atoms with van der Waals surface area (Å²) < 4.78 is 5.28. The average molecular weight is 219 g/mol. The van der Waals surface area contributed by atoms with Crippen LogP contribution >= 0.6 is 0 Å². The first-order chi connectivity index (χ1) is 7.70. The molecule has 1 heterocycles. The van der Waals surface area contributed by atoms with Crippen LogP contribution < -0.4 is 10.6 Å². The van der Waals surface area contributed by atoms with Crippen LogP contribution in [-0.4, -0.2) is 25.1 Å². The third-order valence-electron chi connectivity index (χ3n) is 2.74. The molecule has 0 bridgehead atoms. The standard InChI is InChI=1S/C12H17N3O/c1-9(6-13)7-15(2)10-3-4-11-12(5-10)16-8-14-11/h3-5,8-9H,6-7,13H2,1-2H3. The van der Waals surface area contributed by atoms with E-state index in [0.29, 0.717) is 12.5 Å². The van der Waals surface area contributed by atoms with Gasteiger partial charge in [0.2, 0.25) is 0 Å². The molecule has 4 heteroatoms. The van der Waals surface area contributed by atoms with Gasteiger partial charge in [0.05, 0.1) is 0 Å². The molecule has 0 radical (unpaired) electrons. The van der Waals surface area contributed by atoms with Gasteiger partial charge in [0, 0.05) is 25.3 Å². The molecule has 1 aromatic carbocycles. The molecule has 0 saturated heterocycles. The topological polar surface area (TPSA) is 55.3 Å². The summed E-state index contributed by atoms with van der Waals surface area (Å²) in [6, 6.07) is 6.03. The zero-order valence-electron chi connectivity index (χ0n) is 9.68. The van der Waals surface area contributed by atoms with Gasteiger partial charge in [-0.05, 0) is 24.6 Å². The van der Waals surface area contributed by atoms with E-state index in [9.17, 15) is 0 Å². The van der Waals surface area contributed by atoms with Crippen molar-refractivity contribution in [2.24, 2.45) is 11.7 Å². The van der Waals surface area contributed by atoms with Gasteiger partial charge in [0.25, 0.3) is 0 Å². The van der Waals surface area contributed by atoms with E-state index in [1.807, 2.05) is 18.2 Å². The van der Waals surface area contributed by atoms with Crippen molar-refractivity contribution in [1.29, 1.82) is 0 Å². The summed E-state index contributed by atoms with van der Waals surface area (Å²) in [5.41, 5.74) is 8.46. The van der Waals surface area contributed by atoms with Crippen molar-refractivity contribution < 1.29 is 4.42 Å². The predicted octanol–water partition coefficient (Wildman–Crippen LogP) is 1.86. The van der Waals surface area contributed by atoms with Crippen molar-refractivity contribution in [2.75, 3.05) is 25.0 Å². The SMILES string of the molecule is CC(CN)CN(C)c1ccc2ncoc2c1. The molecule has 1 unspecified atom stereocenters. The summed E-state index contributed by atoms with van der Waals surface area (Å²) >= 11 is 0. The van der Waals surface area contributed by atoms with Crippen molar-refractivity contribution in [1.82, 2.24) is 4.98 Å². The van der Waals surface area contributed by atoms with E-state index in [1.165, 1.54) is 6.39 Å². The average Bonchev–Trinajstić information content (AvgIpc) is 2.75. The Morgan fingerprint density at radius 3 is 3.06 bits per heavy atom. The van der Waals surface area contributed by atoms with Crippen molar-refractivity contribution in [3.63, 3.8) is 0 Å². The Morgan fingerprint density at radius 2 is 2.31 bits per heavy atom. The maximum Gasteiger partial charge on any atom is 0.181 e. The van der Waals surface area contributed by atoms with Crippen LogP contribution in [0.4, 0.5) is 5.69 Å². The van der Waals surface area contributed by atoms with E-state index in [0.717, 1.165) is 23.3 Å². The van der Waals surface area contributed by atoms with Crippen molar-refractivity contribution in [3.05, 3.63) is 24.6 Å². The van der Waals surface area contributed by atoms with E-state index in [4.69, 9.17) is 10.2 Å². The first kappa shape index (κ1) is 11.0. The normalized spacial score (nSPS) is 12.9. The Labute approximate surface area is 95.1 Å². The number of nitrogens with two attached hydrogens (primary N) is 1. The minimum absolute atomic E-state index is 0.482. The van der Waals surface area contributed by atoms with Crippen LogP contribution in [0.3, 0.4) is 0 Å². The first-order valence-corrected chi connectivity index (χ1v) is 5.45. The number of nitrogens with zero attached hydrogens (tertiary/aromatic N) is 2. The fourth-order valence-electron chi connectivity index (χ4n) is 1.73. The molecular formula is C12H17N3O. The van der Waals surface area contributed by atoms with E-state index < -0.39 is 0 Å². The molecule has 16 heavy (non-hydrogen) atoms. The molecule has 0 aliphatic rings. The van der Waals surface area contributed by atoms with Gasteiger partial charge < -0.3 is 15.1 Å². The molecule has 0 aliphatic heterocycles. The van der Waals surface area contributed by atoms with Gasteiger partial charge in [0.1, 0.15) is 5.52 Å². The number of oxazole rings is 1. The maximum atomic E-state index is 5.62. The van der Waals surface area contributed by atoms with Crippen LogP contribution in [0.5, 0.6) is 0 Å². The molecule has 0 aliphatic carbocycles. The number of rotatable bonds is 4. The molecule has 2 aromatic rings. The highest BCUT2D eigenvalue weighted by Gasteiger charge is 2.07. The van der Waals surface area contributed by atoms with Crippen molar-refractivity contribution >= 4 is 16.8 Å². The van der Waals surface area contributed by atoms with E-state index >= 15 is 0 Å². The van der Waals surface area contributed by atoms with Crippen LogP contribution in [0.1, 0.15) is 6.92 Å². The van der Waals surface area contributed by atoms with E-state index in [-0.39, 0.29) is 0 Å². The number of benzene rings is 1. The first-order valence-electron chi connectivity index (χ1n) is 5.45. The smallest absolute Gasteiger partial charge is 0.181 e. The minimum atomic E-state index is 0.482. The van der Waals surface area contributed by atoms with Gasteiger partial charge in [-0.15, -0.1) is 0 Å². The number of hydrogen-bond acceptors (Lipinski definition) is 4. The second-order valence-corrected chi connectivity index (χ2v) is 4.23. The summed E-state index contributed by atoms with van der Waals surface area (Å²) in [6.45, 7) is 3.79. The number of aromatic nitrogens is 1. The second kappa shape index (κ2) is 4.53. The Balaban J connectivity index is 2.18.